The van der Waals surface area contributed by atoms with Gasteiger partial charge in [-0.3, -0.25) is 9.10 Å². The minimum atomic E-state index is -3.70. The van der Waals surface area contributed by atoms with E-state index in [4.69, 9.17) is 27.9 Å². The van der Waals surface area contributed by atoms with E-state index in [1.165, 1.54) is 13.3 Å². The molecule has 11 heteroatoms. The number of carbonyl (C=O) groups is 1. The summed E-state index contributed by atoms with van der Waals surface area (Å²) in [6.45, 7) is 3.38. The van der Waals surface area contributed by atoms with Gasteiger partial charge in [0.05, 0.1) is 41.0 Å². The van der Waals surface area contributed by atoms with E-state index < -0.39 is 22.5 Å². The van der Waals surface area contributed by atoms with Crippen LogP contribution in [0.2, 0.25) is 10.0 Å². The first-order valence-corrected chi connectivity index (χ1v) is 12.7. The largest absolute Gasteiger partial charge is 0.497 e. The molecule has 0 aliphatic heterocycles. The number of aryl methyl sites for hydroxylation is 1. The second kappa shape index (κ2) is 10.5. The molecule has 1 aromatic heterocycles. The van der Waals surface area contributed by atoms with Crippen LogP contribution in [0.1, 0.15) is 17.0 Å². The molecule has 180 valence electrons. The van der Waals surface area contributed by atoms with Crippen LogP contribution in [0, 0.1) is 13.8 Å². The van der Waals surface area contributed by atoms with Crippen molar-refractivity contribution >= 4 is 51.0 Å². The van der Waals surface area contributed by atoms with Gasteiger partial charge in [0.15, 0.2) is 0 Å². The van der Waals surface area contributed by atoms with E-state index in [1.54, 1.807) is 30.3 Å². The average Bonchev–Trinajstić information content (AvgIpc) is 3.06. The van der Waals surface area contributed by atoms with Crippen LogP contribution < -0.4 is 14.5 Å². The summed E-state index contributed by atoms with van der Waals surface area (Å²) in [5.74, 6) is -0.0212. The second-order valence-corrected chi connectivity index (χ2v) is 10.2. The number of amides is 1. The Morgan fingerprint density at radius 1 is 1.18 bits per heavy atom. The van der Waals surface area contributed by atoms with Gasteiger partial charge < -0.3 is 9.30 Å². The molecule has 0 fully saturated rings. The third-order valence-electron chi connectivity index (χ3n) is 5.08. The minimum absolute atomic E-state index is 0.337. The van der Waals surface area contributed by atoms with Crippen LogP contribution >= 0.6 is 23.2 Å². The van der Waals surface area contributed by atoms with Crippen LogP contribution in [0.4, 0.5) is 5.69 Å². The standard InChI is InChI=1S/C23H24Cl2N4O4S/c1-15-12-17(16(2)29(15)21-7-5-6-20(24)23(21)25)13-26-27-22(30)14-28(34(4,31)32)18-8-10-19(33-3)11-9-18/h5-13H,14H2,1-4H3,(H,27,30)/b26-13-. The molecule has 2 aromatic carbocycles. The molecule has 1 heterocycles. The average molecular weight is 523 g/mol. The number of aromatic nitrogens is 1. The zero-order chi connectivity index (χ0) is 25.0. The van der Waals surface area contributed by atoms with E-state index in [2.05, 4.69) is 10.5 Å². The SMILES string of the molecule is COc1ccc(N(CC(=O)N/N=C\c2cc(C)n(-c3cccc(Cl)c3Cl)c2C)S(C)(=O)=O)cc1. The lowest BCUT2D eigenvalue weighted by atomic mass is 10.2. The molecule has 0 bridgehead atoms. The Hall–Kier alpha value is -3.01. The summed E-state index contributed by atoms with van der Waals surface area (Å²) in [5.41, 5.74) is 5.95. The zero-order valence-electron chi connectivity index (χ0n) is 19.0. The number of hydrazone groups is 1. The number of hydrogen-bond acceptors (Lipinski definition) is 5. The quantitative estimate of drug-likeness (QED) is 0.352. The minimum Gasteiger partial charge on any atom is -0.497 e. The van der Waals surface area contributed by atoms with E-state index in [-0.39, 0.29) is 0 Å². The number of carbonyl (C=O) groups excluding carboxylic acids is 1. The molecule has 0 saturated carbocycles. The lowest BCUT2D eigenvalue weighted by Gasteiger charge is -2.21. The molecule has 0 unspecified atom stereocenters. The predicted octanol–water partition coefficient (Wildman–Crippen LogP) is 4.33. The normalized spacial score (nSPS) is 11.6. The number of nitrogens with zero attached hydrogens (tertiary/aromatic N) is 3. The summed E-state index contributed by atoms with van der Waals surface area (Å²) in [7, 11) is -2.19. The predicted molar refractivity (Wildman–Crippen MR) is 136 cm³/mol. The van der Waals surface area contributed by atoms with Gasteiger partial charge in [-0.05, 0) is 56.3 Å². The molecule has 1 amide bonds. The summed E-state index contributed by atoms with van der Waals surface area (Å²) < 4.78 is 32.5. The topological polar surface area (TPSA) is 93.0 Å². The number of sulfonamides is 1. The number of nitrogens with one attached hydrogen (secondary N) is 1. The van der Waals surface area contributed by atoms with E-state index in [1.807, 2.05) is 36.6 Å². The van der Waals surface area contributed by atoms with Crippen LogP contribution in [-0.4, -0.2) is 45.0 Å². The number of anilines is 1. The third-order valence-corrected chi connectivity index (χ3v) is 7.03. The van der Waals surface area contributed by atoms with Crippen LogP contribution in [0.15, 0.2) is 53.6 Å². The van der Waals surface area contributed by atoms with Gasteiger partial charge in [0.1, 0.15) is 12.3 Å². The Bertz CT molecular complexity index is 1340. The van der Waals surface area contributed by atoms with E-state index in [0.29, 0.717) is 21.5 Å². The molecule has 0 atom stereocenters. The maximum atomic E-state index is 12.5. The fourth-order valence-electron chi connectivity index (χ4n) is 3.44. The highest BCUT2D eigenvalue weighted by atomic mass is 35.5. The van der Waals surface area contributed by atoms with Gasteiger partial charge in [0, 0.05) is 17.0 Å². The van der Waals surface area contributed by atoms with Crippen LogP contribution in [-0.2, 0) is 14.8 Å². The number of hydrogen-bond donors (Lipinski definition) is 1. The zero-order valence-corrected chi connectivity index (χ0v) is 21.4. The van der Waals surface area contributed by atoms with Gasteiger partial charge in [0.25, 0.3) is 5.91 Å². The van der Waals surface area contributed by atoms with Crippen LogP contribution in [0.25, 0.3) is 5.69 Å². The number of methoxy groups -OCH3 is 1. The summed E-state index contributed by atoms with van der Waals surface area (Å²) in [5, 5.41) is 4.89. The van der Waals surface area contributed by atoms with Crippen molar-refractivity contribution in [3.05, 3.63) is 75.5 Å². The lowest BCUT2D eigenvalue weighted by molar-refractivity contribution is -0.119. The van der Waals surface area contributed by atoms with Gasteiger partial charge in [-0.15, -0.1) is 0 Å². The van der Waals surface area contributed by atoms with E-state index in [9.17, 15) is 13.2 Å². The van der Waals surface area contributed by atoms with E-state index in [0.717, 1.165) is 33.2 Å². The fraction of sp³-hybridized carbons (Fsp3) is 0.217. The molecule has 0 spiro atoms. The molecule has 0 saturated heterocycles. The monoisotopic (exact) mass is 522 g/mol. The molecule has 0 aliphatic rings. The number of ether oxygens (including phenoxy) is 1. The van der Waals surface area contributed by atoms with Crippen molar-refractivity contribution < 1.29 is 17.9 Å². The van der Waals surface area contributed by atoms with Gasteiger partial charge >= 0.3 is 0 Å². The van der Waals surface area contributed by atoms with Crippen molar-refractivity contribution in [2.75, 3.05) is 24.2 Å². The molecule has 0 radical (unpaired) electrons. The number of rotatable bonds is 8. The highest BCUT2D eigenvalue weighted by molar-refractivity contribution is 7.92. The maximum Gasteiger partial charge on any atom is 0.260 e. The molecule has 34 heavy (non-hydrogen) atoms. The molecule has 0 aliphatic carbocycles. The molecule has 8 nitrogen and oxygen atoms in total. The van der Waals surface area contributed by atoms with Crippen molar-refractivity contribution in [2.24, 2.45) is 5.10 Å². The van der Waals surface area contributed by atoms with E-state index >= 15 is 0 Å². The molecule has 3 aromatic rings. The highest BCUT2D eigenvalue weighted by Gasteiger charge is 2.21. The van der Waals surface area contributed by atoms with Crippen molar-refractivity contribution in [3.63, 3.8) is 0 Å². The Balaban J connectivity index is 1.76. The number of benzene rings is 2. The van der Waals surface area contributed by atoms with Gasteiger partial charge in [0.2, 0.25) is 10.0 Å². The Labute approximate surface area is 208 Å². The lowest BCUT2D eigenvalue weighted by Crippen LogP contribution is -2.39. The van der Waals surface area contributed by atoms with Crippen molar-refractivity contribution in [1.82, 2.24) is 9.99 Å². The highest BCUT2D eigenvalue weighted by Crippen LogP contribution is 2.31. The molecular formula is C23H24Cl2N4O4S. The summed E-state index contributed by atoms with van der Waals surface area (Å²) >= 11 is 12.5. The molecule has 3 rings (SSSR count). The maximum absolute atomic E-state index is 12.5. The van der Waals surface area contributed by atoms with Gasteiger partial charge in [-0.25, -0.2) is 13.8 Å². The first-order valence-electron chi connectivity index (χ1n) is 10.1. The van der Waals surface area contributed by atoms with Gasteiger partial charge in [-0.2, -0.15) is 5.10 Å². The second-order valence-electron chi connectivity index (χ2n) is 7.50. The third kappa shape index (κ3) is 5.72. The Kier molecular flexibility index (Phi) is 7.91. The van der Waals surface area contributed by atoms with Crippen LogP contribution in [0.5, 0.6) is 5.75 Å². The number of halogens is 2. The van der Waals surface area contributed by atoms with Crippen molar-refractivity contribution in [3.8, 4) is 11.4 Å². The first kappa shape index (κ1) is 25.6. The van der Waals surface area contributed by atoms with Crippen molar-refractivity contribution in [1.29, 1.82) is 0 Å². The Morgan fingerprint density at radius 2 is 1.85 bits per heavy atom. The summed E-state index contributed by atoms with van der Waals surface area (Å²) in [6.07, 6.45) is 2.52. The van der Waals surface area contributed by atoms with Crippen LogP contribution in [0.3, 0.4) is 0 Å². The molecule has 1 N–H and O–H groups in total. The first-order chi connectivity index (χ1) is 16.0. The summed E-state index contributed by atoms with van der Waals surface area (Å²) in [6, 6.07) is 13.6. The smallest absolute Gasteiger partial charge is 0.260 e. The summed E-state index contributed by atoms with van der Waals surface area (Å²) in [4.78, 5) is 12.5. The van der Waals surface area contributed by atoms with Crippen molar-refractivity contribution in [2.45, 2.75) is 13.8 Å². The molecular weight excluding hydrogens is 499 g/mol. The fourth-order valence-corrected chi connectivity index (χ4v) is 4.68. The Morgan fingerprint density at radius 3 is 2.47 bits per heavy atom. The van der Waals surface area contributed by atoms with Gasteiger partial charge in [-0.1, -0.05) is 29.3 Å².